The summed E-state index contributed by atoms with van der Waals surface area (Å²) in [6.45, 7) is 1.90. The van der Waals surface area contributed by atoms with Crippen LogP contribution in [0.1, 0.15) is 18.6 Å². The van der Waals surface area contributed by atoms with Gasteiger partial charge in [-0.25, -0.2) is 0 Å². The molecule has 0 radical (unpaired) electrons. The average molecular weight is 371 g/mol. The summed E-state index contributed by atoms with van der Waals surface area (Å²) in [6.07, 6.45) is -0.283. The first kappa shape index (κ1) is 16.1. The first-order valence-electron chi connectivity index (χ1n) is 6.52. The van der Waals surface area contributed by atoms with Crippen molar-refractivity contribution in [2.24, 2.45) is 5.73 Å². The Morgan fingerprint density at radius 2 is 1.81 bits per heavy atom. The lowest BCUT2D eigenvalue weighted by atomic mass is 10.0. The number of rotatable bonds is 5. The molecular formula is C16H17BrClNO2. The Bertz CT molecular complexity index is 602. The molecule has 21 heavy (non-hydrogen) atoms. The van der Waals surface area contributed by atoms with Crippen molar-refractivity contribution in [2.45, 2.75) is 19.1 Å². The normalized spacial score (nSPS) is 13.6. The van der Waals surface area contributed by atoms with Crippen LogP contribution in [0.25, 0.3) is 0 Å². The van der Waals surface area contributed by atoms with Crippen molar-refractivity contribution >= 4 is 27.5 Å². The van der Waals surface area contributed by atoms with Gasteiger partial charge in [-0.1, -0.05) is 39.7 Å². The van der Waals surface area contributed by atoms with Gasteiger partial charge in [-0.2, -0.15) is 0 Å². The number of hydrogen-bond donors (Lipinski definition) is 1. The maximum atomic E-state index is 6.20. The lowest BCUT2D eigenvalue weighted by Crippen LogP contribution is -2.29. The quantitative estimate of drug-likeness (QED) is 0.838. The second kappa shape index (κ2) is 7.16. The van der Waals surface area contributed by atoms with Gasteiger partial charge >= 0.3 is 0 Å². The van der Waals surface area contributed by atoms with Gasteiger partial charge in [0.2, 0.25) is 0 Å². The molecule has 0 spiro atoms. The highest BCUT2D eigenvalue weighted by Gasteiger charge is 2.19. The van der Waals surface area contributed by atoms with E-state index in [1.165, 1.54) is 0 Å². The molecule has 0 fully saturated rings. The maximum Gasteiger partial charge on any atom is 0.139 e. The fourth-order valence-electron chi connectivity index (χ4n) is 1.98. The van der Waals surface area contributed by atoms with Crippen molar-refractivity contribution in [3.8, 4) is 11.5 Å². The third kappa shape index (κ3) is 4.13. The van der Waals surface area contributed by atoms with Gasteiger partial charge in [0.15, 0.2) is 0 Å². The summed E-state index contributed by atoms with van der Waals surface area (Å²) >= 11 is 9.57. The van der Waals surface area contributed by atoms with Gasteiger partial charge in [-0.15, -0.1) is 0 Å². The minimum absolute atomic E-state index is 0.182. The zero-order valence-electron chi connectivity index (χ0n) is 11.8. The molecule has 0 aliphatic rings. The molecule has 0 aliphatic heterocycles. The van der Waals surface area contributed by atoms with Crippen molar-refractivity contribution < 1.29 is 9.47 Å². The third-order valence-corrected chi connectivity index (χ3v) is 3.86. The molecule has 2 aromatic rings. The van der Waals surface area contributed by atoms with Crippen molar-refractivity contribution in [3.05, 3.63) is 57.5 Å². The average Bonchev–Trinajstić information content (AvgIpc) is 2.46. The lowest BCUT2D eigenvalue weighted by molar-refractivity contribution is 0.180. The number of benzene rings is 2. The van der Waals surface area contributed by atoms with Crippen LogP contribution < -0.4 is 15.2 Å². The predicted octanol–water partition coefficient (Wildman–Crippen LogP) is 4.58. The predicted molar refractivity (Wildman–Crippen MR) is 89.2 cm³/mol. The van der Waals surface area contributed by atoms with Gasteiger partial charge in [0.1, 0.15) is 17.6 Å². The summed E-state index contributed by atoms with van der Waals surface area (Å²) in [7, 11) is 1.64. The van der Waals surface area contributed by atoms with E-state index < -0.39 is 0 Å². The zero-order chi connectivity index (χ0) is 15.4. The monoisotopic (exact) mass is 369 g/mol. The van der Waals surface area contributed by atoms with Gasteiger partial charge < -0.3 is 15.2 Å². The lowest BCUT2D eigenvalue weighted by Gasteiger charge is -2.23. The largest absolute Gasteiger partial charge is 0.497 e. The Balaban J connectivity index is 2.26. The van der Waals surface area contributed by atoms with Crippen molar-refractivity contribution in [1.82, 2.24) is 0 Å². The molecule has 2 N–H and O–H groups in total. The Hall–Kier alpha value is -1.23. The molecule has 5 heteroatoms. The van der Waals surface area contributed by atoms with Crippen LogP contribution in [0.4, 0.5) is 0 Å². The Morgan fingerprint density at radius 3 is 2.33 bits per heavy atom. The zero-order valence-corrected chi connectivity index (χ0v) is 14.2. The molecule has 0 heterocycles. The molecule has 3 nitrogen and oxygen atoms in total. The van der Waals surface area contributed by atoms with E-state index in [1.807, 2.05) is 43.3 Å². The summed E-state index contributed by atoms with van der Waals surface area (Å²) in [5.41, 5.74) is 7.04. The van der Waals surface area contributed by atoms with E-state index in [0.29, 0.717) is 10.8 Å². The Morgan fingerprint density at radius 1 is 1.14 bits per heavy atom. The summed E-state index contributed by atoms with van der Waals surface area (Å²) in [5, 5.41) is 0.545. The molecule has 0 bridgehead atoms. The van der Waals surface area contributed by atoms with Gasteiger partial charge in [0, 0.05) is 10.5 Å². The molecule has 2 rings (SSSR count). The van der Waals surface area contributed by atoms with Crippen LogP contribution >= 0.6 is 27.5 Å². The van der Waals surface area contributed by atoms with Gasteiger partial charge in [0.25, 0.3) is 0 Å². The molecule has 0 amide bonds. The molecule has 2 aromatic carbocycles. The minimum atomic E-state index is -0.283. The summed E-state index contributed by atoms with van der Waals surface area (Å²) in [5.74, 6) is 1.40. The van der Waals surface area contributed by atoms with E-state index in [-0.39, 0.29) is 12.1 Å². The van der Waals surface area contributed by atoms with Crippen molar-refractivity contribution in [3.63, 3.8) is 0 Å². The Kier molecular flexibility index (Phi) is 5.51. The molecule has 0 aliphatic carbocycles. The first-order chi connectivity index (χ1) is 10.0. The molecule has 112 valence electrons. The van der Waals surface area contributed by atoms with E-state index in [9.17, 15) is 0 Å². The third-order valence-electron chi connectivity index (χ3n) is 3.07. The van der Waals surface area contributed by atoms with Crippen molar-refractivity contribution in [2.75, 3.05) is 7.11 Å². The minimum Gasteiger partial charge on any atom is -0.497 e. The summed E-state index contributed by atoms with van der Waals surface area (Å²) in [6, 6.07) is 13.0. The second-order valence-electron chi connectivity index (χ2n) is 4.75. The standard InChI is InChI=1S/C16H17BrClNO2/c1-10(19)16(11-3-6-13(20-2)7-4-11)21-15-8-5-12(17)9-14(15)18/h3-10,16H,19H2,1-2H3. The smallest absolute Gasteiger partial charge is 0.139 e. The van der Waals surface area contributed by atoms with E-state index in [0.717, 1.165) is 15.8 Å². The number of halogens is 2. The van der Waals surface area contributed by atoms with Crippen LogP contribution in [0, 0.1) is 0 Å². The van der Waals surface area contributed by atoms with E-state index in [4.69, 9.17) is 26.8 Å². The molecule has 2 atom stereocenters. The van der Waals surface area contributed by atoms with Crippen LogP contribution in [0.2, 0.25) is 5.02 Å². The molecule has 0 saturated heterocycles. The fraction of sp³-hybridized carbons (Fsp3) is 0.250. The number of methoxy groups -OCH3 is 1. The van der Waals surface area contributed by atoms with Crippen LogP contribution in [-0.4, -0.2) is 13.2 Å². The van der Waals surface area contributed by atoms with Gasteiger partial charge in [-0.3, -0.25) is 0 Å². The number of hydrogen-bond acceptors (Lipinski definition) is 3. The van der Waals surface area contributed by atoms with Crippen LogP contribution in [-0.2, 0) is 0 Å². The van der Waals surface area contributed by atoms with E-state index >= 15 is 0 Å². The number of ether oxygens (including phenoxy) is 2. The molecule has 0 saturated carbocycles. The first-order valence-corrected chi connectivity index (χ1v) is 7.69. The second-order valence-corrected chi connectivity index (χ2v) is 6.07. The maximum absolute atomic E-state index is 6.20. The van der Waals surface area contributed by atoms with E-state index in [1.54, 1.807) is 13.2 Å². The highest BCUT2D eigenvalue weighted by atomic mass is 79.9. The summed E-state index contributed by atoms with van der Waals surface area (Å²) in [4.78, 5) is 0. The summed E-state index contributed by atoms with van der Waals surface area (Å²) < 4.78 is 12.1. The van der Waals surface area contributed by atoms with Crippen molar-refractivity contribution in [1.29, 1.82) is 0 Å². The van der Waals surface area contributed by atoms with Crippen LogP contribution in [0.5, 0.6) is 11.5 Å². The highest BCUT2D eigenvalue weighted by Crippen LogP contribution is 2.32. The van der Waals surface area contributed by atoms with Crippen LogP contribution in [0.15, 0.2) is 46.9 Å². The van der Waals surface area contributed by atoms with E-state index in [2.05, 4.69) is 15.9 Å². The topological polar surface area (TPSA) is 44.5 Å². The van der Waals surface area contributed by atoms with Crippen LogP contribution in [0.3, 0.4) is 0 Å². The SMILES string of the molecule is COc1ccc(C(Oc2ccc(Br)cc2Cl)C(C)N)cc1. The Labute approximate surface area is 138 Å². The number of nitrogens with two attached hydrogens (primary N) is 1. The van der Waals surface area contributed by atoms with Gasteiger partial charge in [0.05, 0.1) is 12.1 Å². The van der Waals surface area contributed by atoms with Gasteiger partial charge in [-0.05, 0) is 42.8 Å². The molecule has 2 unspecified atom stereocenters. The fourth-order valence-corrected chi connectivity index (χ4v) is 2.70. The molecular weight excluding hydrogens is 354 g/mol. The molecule has 0 aromatic heterocycles. The highest BCUT2D eigenvalue weighted by molar-refractivity contribution is 9.10.